The summed E-state index contributed by atoms with van der Waals surface area (Å²) < 4.78 is 10.3. The van der Waals surface area contributed by atoms with Crippen molar-refractivity contribution in [1.82, 2.24) is 19.3 Å². The predicted molar refractivity (Wildman–Crippen MR) is 73.9 cm³/mol. The van der Waals surface area contributed by atoms with E-state index in [9.17, 15) is 0 Å². The first-order valence-corrected chi connectivity index (χ1v) is 7.20. The van der Waals surface area contributed by atoms with Crippen LogP contribution in [0.1, 0.15) is 18.6 Å². The SMILES string of the molecule is CCOCc1nc(NN)cc(Sc2nc(C)ns2)n1. The van der Waals surface area contributed by atoms with Crippen LogP contribution >= 0.6 is 23.3 Å². The second-order valence-corrected chi connectivity index (χ2v) is 5.52. The Morgan fingerprint density at radius 1 is 1.42 bits per heavy atom. The lowest BCUT2D eigenvalue weighted by molar-refractivity contribution is 0.128. The van der Waals surface area contributed by atoms with Gasteiger partial charge in [-0.1, -0.05) is 0 Å². The van der Waals surface area contributed by atoms with Crippen LogP contribution in [0.4, 0.5) is 5.82 Å². The van der Waals surface area contributed by atoms with Crippen molar-refractivity contribution in [3.63, 3.8) is 0 Å². The minimum absolute atomic E-state index is 0.356. The molecule has 0 saturated heterocycles. The van der Waals surface area contributed by atoms with Gasteiger partial charge in [0.25, 0.3) is 0 Å². The highest BCUT2D eigenvalue weighted by Crippen LogP contribution is 2.28. The van der Waals surface area contributed by atoms with E-state index in [1.807, 2.05) is 13.8 Å². The van der Waals surface area contributed by atoms with Crippen molar-refractivity contribution in [2.45, 2.75) is 29.8 Å². The Kier molecular flexibility index (Phi) is 5.02. The van der Waals surface area contributed by atoms with E-state index in [1.54, 1.807) is 6.07 Å². The Morgan fingerprint density at radius 3 is 2.89 bits per heavy atom. The molecular weight excluding hydrogens is 284 g/mol. The minimum Gasteiger partial charge on any atom is -0.374 e. The minimum atomic E-state index is 0.356. The summed E-state index contributed by atoms with van der Waals surface area (Å²) >= 11 is 2.77. The highest BCUT2D eigenvalue weighted by atomic mass is 32.2. The van der Waals surface area contributed by atoms with Crippen LogP contribution in [0.5, 0.6) is 0 Å². The maximum absolute atomic E-state index is 5.40. The van der Waals surface area contributed by atoms with E-state index in [4.69, 9.17) is 10.6 Å². The molecule has 2 rings (SSSR count). The number of anilines is 1. The van der Waals surface area contributed by atoms with Crippen molar-refractivity contribution in [3.8, 4) is 0 Å². The number of nitrogens with one attached hydrogen (secondary N) is 1. The molecule has 2 heterocycles. The molecule has 2 aromatic heterocycles. The molecule has 0 saturated carbocycles. The van der Waals surface area contributed by atoms with Crippen LogP contribution in [0.25, 0.3) is 0 Å². The molecule has 7 nitrogen and oxygen atoms in total. The summed E-state index contributed by atoms with van der Waals surface area (Å²) in [5, 5.41) is 0.758. The van der Waals surface area contributed by atoms with Gasteiger partial charge in [-0.3, -0.25) is 0 Å². The van der Waals surface area contributed by atoms with Crippen molar-refractivity contribution in [2.75, 3.05) is 12.0 Å². The van der Waals surface area contributed by atoms with Crippen LogP contribution in [0.15, 0.2) is 15.4 Å². The maximum atomic E-state index is 5.40. The van der Waals surface area contributed by atoms with Gasteiger partial charge < -0.3 is 10.2 Å². The van der Waals surface area contributed by atoms with Gasteiger partial charge in [0.1, 0.15) is 23.3 Å². The van der Waals surface area contributed by atoms with E-state index >= 15 is 0 Å². The van der Waals surface area contributed by atoms with Crippen molar-refractivity contribution in [1.29, 1.82) is 0 Å². The second kappa shape index (κ2) is 6.75. The molecular formula is C10H14N6OS2. The molecule has 0 amide bonds. The Labute approximate surface area is 119 Å². The summed E-state index contributed by atoms with van der Waals surface area (Å²) in [6.45, 7) is 4.75. The highest BCUT2D eigenvalue weighted by Gasteiger charge is 2.08. The molecule has 0 atom stereocenters. The average Bonchev–Trinajstić information content (AvgIpc) is 2.81. The van der Waals surface area contributed by atoms with Gasteiger partial charge in [0.05, 0.1) is 0 Å². The summed E-state index contributed by atoms with van der Waals surface area (Å²) in [7, 11) is 0. The summed E-state index contributed by atoms with van der Waals surface area (Å²) in [5.74, 6) is 7.29. The van der Waals surface area contributed by atoms with E-state index in [1.165, 1.54) is 23.3 Å². The van der Waals surface area contributed by atoms with Crippen LogP contribution in [-0.2, 0) is 11.3 Å². The molecule has 0 fully saturated rings. The molecule has 0 aromatic carbocycles. The Hall–Kier alpha value is -1.29. The number of hydrogen-bond donors (Lipinski definition) is 2. The number of aryl methyl sites for hydroxylation is 1. The van der Waals surface area contributed by atoms with Crippen LogP contribution in [0.3, 0.4) is 0 Å². The number of hydrogen-bond acceptors (Lipinski definition) is 9. The number of nitrogen functional groups attached to an aromatic ring is 1. The number of nitrogens with two attached hydrogens (primary N) is 1. The number of rotatable bonds is 6. The average molecular weight is 298 g/mol. The lowest BCUT2D eigenvalue weighted by Crippen LogP contribution is -2.11. The van der Waals surface area contributed by atoms with Gasteiger partial charge in [-0.15, -0.1) is 0 Å². The van der Waals surface area contributed by atoms with Crippen molar-refractivity contribution in [3.05, 3.63) is 17.7 Å². The third-order valence-electron chi connectivity index (χ3n) is 2.03. The molecule has 0 unspecified atom stereocenters. The van der Waals surface area contributed by atoms with Gasteiger partial charge in [0, 0.05) is 12.7 Å². The summed E-state index contributed by atoms with van der Waals surface area (Å²) in [6, 6.07) is 1.76. The predicted octanol–water partition coefficient (Wildman–Crippen LogP) is 1.61. The van der Waals surface area contributed by atoms with Crippen LogP contribution in [0, 0.1) is 6.92 Å². The summed E-state index contributed by atoms with van der Waals surface area (Å²) in [4.78, 5) is 12.9. The monoisotopic (exact) mass is 298 g/mol. The molecule has 102 valence electrons. The Bertz CT molecular complexity index is 547. The number of aromatic nitrogens is 4. The standard InChI is InChI=1S/C10H14N6OS2/c1-3-17-5-8-13-7(15-11)4-9(14-8)18-10-12-6(2)16-19-10/h4H,3,5,11H2,1-2H3,(H,13,14,15). The molecule has 0 aliphatic rings. The molecule has 0 radical (unpaired) electrons. The quantitative estimate of drug-likeness (QED) is 0.471. The second-order valence-electron chi connectivity index (χ2n) is 3.50. The van der Waals surface area contributed by atoms with Crippen LogP contribution in [-0.4, -0.2) is 25.9 Å². The van der Waals surface area contributed by atoms with Gasteiger partial charge in [-0.05, 0) is 37.1 Å². The lowest BCUT2D eigenvalue weighted by atomic mass is 10.5. The normalized spacial score (nSPS) is 10.7. The molecule has 9 heteroatoms. The first-order valence-electron chi connectivity index (χ1n) is 5.61. The van der Waals surface area contributed by atoms with E-state index in [0.717, 1.165) is 15.2 Å². The topological polar surface area (TPSA) is 98.8 Å². The third-order valence-corrected chi connectivity index (χ3v) is 3.79. The van der Waals surface area contributed by atoms with Crippen LogP contribution in [0.2, 0.25) is 0 Å². The number of nitrogens with zero attached hydrogens (tertiary/aromatic N) is 4. The fraction of sp³-hybridized carbons (Fsp3) is 0.400. The summed E-state index contributed by atoms with van der Waals surface area (Å²) in [5.41, 5.74) is 2.52. The first-order chi connectivity index (χ1) is 9.21. The molecule has 3 N–H and O–H groups in total. The summed E-state index contributed by atoms with van der Waals surface area (Å²) in [6.07, 6.45) is 0. The Morgan fingerprint density at radius 2 is 2.26 bits per heavy atom. The fourth-order valence-electron chi connectivity index (χ4n) is 1.27. The van der Waals surface area contributed by atoms with Crippen molar-refractivity contribution in [2.24, 2.45) is 5.84 Å². The van der Waals surface area contributed by atoms with Gasteiger partial charge in [-0.25, -0.2) is 20.8 Å². The Balaban J connectivity index is 2.18. The van der Waals surface area contributed by atoms with Crippen LogP contribution < -0.4 is 11.3 Å². The van der Waals surface area contributed by atoms with E-state index in [2.05, 4.69) is 24.8 Å². The molecule has 19 heavy (non-hydrogen) atoms. The maximum Gasteiger partial charge on any atom is 0.176 e. The lowest BCUT2D eigenvalue weighted by Gasteiger charge is -2.06. The van der Waals surface area contributed by atoms with Crippen molar-refractivity contribution < 1.29 is 4.74 Å². The fourth-order valence-corrected chi connectivity index (χ4v) is 2.89. The van der Waals surface area contributed by atoms with E-state index in [-0.39, 0.29) is 0 Å². The van der Waals surface area contributed by atoms with Gasteiger partial charge in [-0.2, -0.15) is 4.37 Å². The molecule has 0 spiro atoms. The molecule has 0 aliphatic heterocycles. The molecule has 0 bridgehead atoms. The van der Waals surface area contributed by atoms with E-state index in [0.29, 0.717) is 24.9 Å². The smallest absolute Gasteiger partial charge is 0.176 e. The first kappa shape index (κ1) is 14.1. The molecule has 0 aliphatic carbocycles. The number of hydrazine groups is 1. The highest BCUT2D eigenvalue weighted by molar-refractivity contribution is 8.00. The zero-order valence-corrected chi connectivity index (χ0v) is 12.2. The third kappa shape index (κ3) is 4.10. The number of ether oxygens (including phenoxy) is 1. The van der Waals surface area contributed by atoms with E-state index < -0.39 is 0 Å². The van der Waals surface area contributed by atoms with Gasteiger partial charge in [0.15, 0.2) is 10.2 Å². The van der Waals surface area contributed by atoms with Crippen molar-refractivity contribution >= 4 is 29.1 Å². The largest absolute Gasteiger partial charge is 0.374 e. The van der Waals surface area contributed by atoms with Gasteiger partial charge in [0.2, 0.25) is 0 Å². The zero-order chi connectivity index (χ0) is 13.7. The van der Waals surface area contributed by atoms with Gasteiger partial charge >= 0.3 is 0 Å². The molecule has 2 aromatic rings. The zero-order valence-electron chi connectivity index (χ0n) is 10.6.